The van der Waals surface area contributed by atoms with Crippen LogP contribution in [0.25, 0.3) is 0 Å². The predicted octanol–water partition coefficient (Wildman–Crippen LogP) is 2.34. The van der Waals surface area contributed by atoms with E-state index in [-0.39, 0.29) is 41.8 Å². The molecule has 0 aliphatic rings. The van der Waals surface area contributed by atoms with Crippen LogP contribution < -0.4 is 15.4 Å². The molecule has 0 atom stereocenters. The van der Waals surface area contributed by atoms with Crippen molar-refractivity contribution in [2.45, 2.75) is 13.3 Å². The second-order valence-electron chi connectivity index (χ2n) is 7.02. The van der Waals surface area contributed by atoms with Crippen LogP contribution in [0, 0.1) is 10.1 Å². The first kappa shape index (κ1) is 22.3. The van der Waals surface area contributed by atoms with E-state index in [9.17, 15) is 19.7 Å². The van der Waals surface area contributed by atoms with Crippen LogP contribution in [0.15, 0.2) is 65.5 Å². The van der Waals surface area contributed by atoms with Gasteiger partial charge in [-0.1, -0.05) is 12.1 Å². The van der Waals surface area contributed by atoms with Gasteiger partial charge < -0.3 is 19.8 Å². The van der Waals surface area contributed by atoms with Gasteiger partial charge in [0.15, 0.2) is 23.9 Å². The molecule has 2 amide bonds. The van der Waals surface area contributed by atoms with Gasteiger partial charge in [0, 0.05) is 25.5 Å². The molecule has 0 bridgehead atoms. The fraction of sp³-hybridized carbons (Fsp3) is 0.143. The Kier molecular flexibility index (Phi) is 6.34. The summed E-state index contributed by atoms with van der Waals surface area (Å²) >= 11 is 0. The molecule has 13 heteroatoms. The molecule has 4 rings (SSSR count). The molecule has 0 unspecified atom stereocenters. The van der Waals surface area contributed by atoms with Crippen molar-refractivity contribution < 1.29 is 23.7 Å². The summed E-state index contributed by atoms with van der Waals surface area (Å²) in [6.07, 6.45) is 4.48. The van der Waals surface area contributed by atoms with Crippen LogP contribution in [-0.4, -0.2) is 36.3 Å². The van der Waals surface area contributed by atoms with Crippen LogP contribution in [0.1, 0.15) is 26.7 Å². The second kappa shape index (κ2) is 9.68. The minimum Gasteiger partial charge on any atom is -0.467 e. The largest absolute Gasteiger partial charge is 0.467 e. The van der Waals surface area contributed by atoms with Crippen molar-refractivity contribution in [1.82, 2.24) is 24.9 Å². The average Bonchev–Trinajstić information content (AvgIpc) is 3.57. The van der Waals surface area contributed by atoms with Crippen LogP contribution in [0.4, 0.5) is 11.4 Å². The quantitative estimate of drug-likeness (QED) is 0.281. The van der Waals surface area contributed by atoms with Crippen LogP contribution >= 0.6 is 0 Å². The van der Waals surface area contributed by atoms with E-state index in [1.165, 1.54) is 52.3 Å². The van der Waals surface area contributed by atoms with Gasteiger partial charge in [-0.3, -0.25) is 24.4 Å². The first-order chi connectivity index (χ1) is 16.4. The third-order valence-electron chi connectivity index (χ3n) is 4.58. The number of nitro benzene ring substituents is 1. The molecule has 4 aromatic rings. The molecule has 1 aromatic carbocycles. The number of para-hydroxylation sites is 2. The van der Waals surface area contributed by atoms with Gasteiger partial charge in [-0.15, -0.1) is 0 Å². The zero-order chi connectivity index (χ0) is 24.1. The summed E-state index contributed by atoms with van der Waals surface area (Å²) in [6, 6.07) is 10.8. The number of amides is 2. The van der Waals surface area contributed by atoms with Crippen molar-refractivity contribution >= 4 is 23.2 Å². The van der Waals surface area contributed by atoms with Crippen LogP contribution in [-0.2, 0) is 20.3 Å². The molecule has 0 aliphatic carbocycles. The molecular formula is C21H19N7O6. The number of hydrogen-bond acceptors (Lipinski definition) is 8. The topological polar surface area (TPSA) is 159 Å². The fourth-order valence-electron chi connectivity index (χ4n) is 3.02. The second-order valence-corrected chi connectivity index (χ2v) is 7.02. The highest BCUT2D eigenvalue weighted by Gasteiger charge is 2.20. The molecule has 0 saturated heterocycles. The Morgan fingerprint density at radius 2 is 1.97 bits per heavy atom. The predicted molar refractivity (Wildman–Crippen MR) is 117 cm³/mol. The summed E-state index contributed by atoms with van der Waals surface area (Å²) < 4.78 is 13.4. The third-order valence-corrected chi connectivity index (χ3v) is 4.58. The third kappa shape index (κ3) is 5.09. The number of ether oxygens (including phenoxy) is 1. The maximum Gasteiger partial charge on any atom is 0.311 e. The Morgan fingerprint density at radius 3 is 2.74 bits per heavy atom. The van der Waals surface area contributed by atoms with Gasteiger partial charge in [-0.2, -0.15) is 10.2 Å². The number of nitrogens with one attached hydrogen (secondary N) is 2. The number of anilines is 1. The standard InChI is InChI=1S/C21H19N7O6/c1-26-12-16(19(25-26)21(30)22-11-14-5-4-10-33-14)23-20(29)15-8-9-27(24-15)13-34-18-7-3-2-6-17(18)28(31)32/h2-10,12H,11,13H2,1H3,(H,22,30)(H,23,29). The van der Waals surface area contributed by atoms with Crippen molar-refractivity contribution in [3.05, 3.63) is 88.4 Å². The number of carbonyl (C=O) groups is 2. The number of rotatable bonds is 9. The Hall–Kier alpha value is -4.94. The van der Waals surface area contributed by atoms with E-state index in [1.54, 1.807) is 25.2 Å². The number of carbonyl (C=O) groups excluding carboxylic acids is 2. The average molecular weight is 465 g/mol. The number of hydrogen-bond donors (Lipinski definition) is 2. The van der Waals surface area contributed by atoms with Crippen LogP contribution in [0.2, 0.25) is 0 Å². The number of benzene rings is 1. The van der Waals surface area contributed by atoms with Gasteiger partial charge in [0.2, 0.25) is 0 Å². The minimum absolute atomic E-state index is 0.0292. The number of furan rings is 1. The lowest BCUT2D eigenvalue weighted by Crippen LogP contribution is -2.25. The van der Waals surface area contributed by atoms with Gasteiger partial charge in [-0.25, -0.2) is 4.68 Å². The summed E-state index contributed by atoms with van der Waals surface area (Å²) in [5, 5.41) is 24.6. The van der Waals surface area contributed by atoms with Gasteiger partial charge >= 0.3 is 5.69 Å². The normalized spacial score (nSPS) is 10.6. The maximum absolute atomic E-state index is 12.7. The Labute approximate surface area is 192 Å². The molecule has 2 N–H and O–H groups in total. The van der Waals surface area contributed by atoms with Crippen molar-refractivity contribution in [2.24, 2.45) is 7.05 Å². The zero-order valence-corrected chi connectivity index (χ0v) is 17.9. The van der Waals surface area contributed by atoms with Crippen molar-refractivity contribution in [3.63, 3.8) is 0 Å². The summed E-state index contributed by atoms with van der Waals surface area (Å²) in [4.78, 5) is 35.7. The van der Waals surface area contributed by atoms with Crippen LogP contribution in [0.3, 0.4) is 0 Å². The van der Waals surface area contributed by atoms with E-state index in [0.29, 0.717) is 5.76 Å². The van der Waals surface area contributed by atoms with Gasteiger partial charge in [-0.05, 0) is 24.3 Å². The molecule has 0 fully saturated rings. The van der Waals surface area contributed by atoms with E-state index in [4.69, 9.17) is 9.15 Å². The Balaban J connectivity index is 1.39. The fourth-order valence-corrected chi connectivity index (χ4v) is 3.02. The number of nitrogens with zero attached hydrogens (tertiary/aromatic N) is 5. The van der Waals surface area contributed by atoms with E-state index in [2.05, 4.69) is 20.8 Å². The Morgan fingerprint density at radius 1 is 1.15 bits per heavy atom. The summed E-state index contributed by atoms with van der Waals surface area (Å²) in [6.45, 7) is 0.0191. The van der Waals surface area contributed by atoms with Crippen molar-refractivity contribution in [3.8, 4) is 5.75 Å². The van der Waals surface area contributed by atoms with Crippen molar-refractivity contribution in [1.29, 1.82) is 0 Å². The first-order valence-electron chi connectivity index (χ1n) is 9.96. The highest BCUT2D eigenvalue weighted by molar-refractivity contribution is 6.07. The molecule has 13 nitrogen and oxygen atoms in total. The van der Waals surface area contributed by atoms with E-state index in [0.717, 1.165) is 0 Å². The minimum atomic E-state index is -0.572. The smallest absolute Gasteiger partial charge is 0.311 e. The first-order valence-corrected chi connectivity index (χ1v) is 9.96. The molecule has 3 aromatic heterocycles. The SMILES string of the molecule is Cn1cc(NC(=O)c2ccn(COc3ccccc3[N+](=O)[O-])n2)c(C(=O)NCc2ccco2)n1. The molecule has 34 heavy (non-hydrogen) atoms. The molecule has 0 aliphatic heterocycles. The van der Waals surface area contributed by atoms with Gasteiger partial charge in [0.1, 0.15) is 5.76 Å². The molecule has 0 spiro atoms. The summed E-state index contributed by atoms with van der Waals surface area (Å²) in [5.74, 6) is -0.411. The molecule has 0 saturated carbocycles. The van der Waals surface area contributed by atoms with Gasteiger partial charge in [0.25, 0.3) is 11.8 Å². The van der Waals surface area contributed by atoms with E-state index in [1.807, 2.05) is 0 Å². The van der Waals surface area contributed by atoms with Crippen LogP contribution in [0.5, 0.6) is 5.75 Å². The lowest BCUT2D eigenvalue weighted by Gasteiger charge is -2.06. The van der Waals surface area contributed by atoms with E-state index >= 15 is 0 Å². The molecular weight excluding hydrogens is 446 g/mol. The van der Waals surface area contributed by atoms with Crippen molar-refractivity contribution in [2.75, 3.05) is 5.32 Å². The molecule has 174 valence electrons. The number of aryl methyl sites for hydroxylation is 1. The van der Waals surface area contributed by atoms with E-state index < -0.39 is 16.7 Å². The summed E-state index contributed by atoms with van der Waals surface area (Å²) in [7, 11) is 1.62. The highest BCUT2D eigenvalue weighted by atomic mass is 16.6. The monoisotopic (exact) mass is 465 g/mol. The molecule has 3 heterocycles. The number of nitro groups is 1. The lowest BCUT2D eigenvalue weighted by molar-refractivity contribution is -0.386. The highest BCUT2D eigenvalue weighted by Crippen LogP contribution is 2.26. The Bertz CT molecular complexity index is 1330. The maximum atomic E-state index is 12.7. The number of aromatic nitrogens is 4. The lowest BCUT2D eigenvalue weighted by atomic mass is 10.3. The molecule has 0 radical (unpaired) electrons. The van der Waals surface area contributed by atoms with Gasteiger partial charge in [0.05, 0.1) is 23.4 Å². The summed E-state index contributed by atoms with van der Waals surface area (Å²) in [5.41, 5.74) is 0.107. The zero-order valence-electron chi connectivity index (χ0n) is 17.9.